The Kier molecular flexibility index (Phi) is 6.32. The van der Waals surface area contributed by atoms with Crippen molar-refractivity contribution in [2.45, 2.75) is 38.9 Å². The van der Waals surface area contributed by atoms with Crippen molar-refractivity contribution < 1.29 is 37.8 Å². The van der Waals surface area contributed by atoms with Crippen LogP contribution >= 0.6 is 15.6 Å². The van der Waals surface area contributed by atoms with Crippen molar-refractivity contribution in [3.05, 3.63) is 0 Å². The van der Waals surface area contributed by atoms with Crippen LogP contribution in [0.15, 0.2) is 0 Å². The largest absolute Gasteiger partial charge is 0.790 e. The molecule has 2 N–H and O–H groups in total. The van der Waals surface area contributed by atoms with Gasteiger partial charge >= 0.3 is 7.82 Å². The van der Waals surface area contributed by atoms with Crippen LogP contribution in [0.2, 0.25) is 0 Å². The van der Waals surface area contributed by atoms with E-state index in [1.807, 2.05) is 0 Å². The van der Waals surface area contributed by atoms with E-state index < -0.39 is 27.9 Å². The molecule has 0 spiro atoms. The molecule has 98 valence electrons. The van der Waals surface area contributed by atoms with Gasteiger partial charge in [-0.2, -0.15) is 0 Å². The number of phosphoric ester groups is 2. The Balaban J connectivity index is 4.53. The van der Waals surface area contributed by atoms with E-state index in [1.54, 1.807) is 6.92 Å². The molecule has 0 saturated carbocycles. The molecule has 2 atom stereocenters. The molecular weight excluding hydrogens is 262 g/mol. The summed E-state index contributed by atoms with van der Waals surface area (Å²) in [6.45, 7) is 2.90. The van der Waals surface area contributed by atoms with Gasteiger partial charge < -0.3 is 28.7 Å². The fourth-order valence-electron chi connectivity index (χ4n) is 1.11. The molecule has 0 heterocycles. The summed E-state index contributed by atoms with van der Waals surface area (Å²) in [7, 11) is -9.94. The fourth-order valence-corrected chi connectivity index (χ4v) is 2.28. The maximum atomic E-state index is 10.6. The van der Waals surface area contributed by atoms with Crippen LogP contribution in [0.5, 0.6) is 0 Å². The quantitative estimate of drug-likeness (QED) is 0.593. The van der Waals surface area contributed by atoms with Gasteiger partial charge in [0.25, 0.3) is 0 Å². The van der Waals surface area contributed by atoms with E-state index in [1.165, 1.54) is 6.92 Å². The first-order valence-electron chi connectivity index (χ1n) is 4.49. The zero-order valence-corrected chi connectivity index (χ0v) is 10.6. The molecule has 0 aliphatic carbocycles. The van der Waals surface area contributed by atoms with Crippen LogP contribution < -0.4 is 9.79 Å². The molecule has 0 radical (unpaired) electrons. The summed E-state index contributed by atoms with van der Waals surface area (Å²) in [5, 5.41) is 0. The molecule has 0 aromatic carbocycles. The molecule has 0 aromatic heterocycles. The molecular formula is C6H14O8P2-2. The number of hydrogen-bond acceptors (Lipinski definition) is 6. The highest BCUT2D eigenvalue weighted by molar-refractivity contribution is 7.46. The average Bonchev–Trinajstić information content (AvgIpc) is 1.97. The molecule has 2 unspecified atom stereocenters. The fraction of sp³-hybridized carbons (Fsp3) is 1.00. The predicted molar refractivity (Wildman–Crippen MR) is 50.0 cm³/mol. The summed E-state index contributed by atoms with van der Waals surface area (Å²) in [6, 6.07) is 0. The van der Waals surface area contributed by atoms with Crippen LogP contribution in [-0.2, 0) is 18.2 Å². The third-order valence-corrected chi connectivity index (χ3v) is 2.80. The van der Waals surface area contributed by atoms with Gasteiger partial charge in [0.15, 0.2) is 0 Å². The summed E-state index contributed by atoms with van der Waals surface area (Å²) in [4.78, 5) is 37.8. The van der Waals surface area contributed by atoms with Crippen molar-refractivity contribution in [3.8, 4) is 0 Å². The Morgan fingerprint density at radius 1 is 1.25 bits per heavy atom. The minimum atomic E-state index is -5.20. The van der Waals surface area contributed by atoms with Gasteiger partial charge in [-0.25, -0.2) is 4.57 Å². The Labute approximate surface area is 93.1 Å². The monoisotopic (exact) mass is 276 g/mol. The predicted octanol–water partition coefficient (Wildman–Crippen LogP) is -0.502. The zero-order chi connectivity index (χ0) is 13.0. The van der Waals surface area contributed by atoms with Crippen molar-refractivity contribution in [3.63, 3.8) is 0 Å². The lowest BCUT2D eigenvalue weighted by atomic mass is 10.1. The van der Waals surface area contributed by atoms with E-state index in [0.29, 0.717) is 6.42 Å². The molecule has 16 heavy (non-hydrogen) atoms. The molecule has 0 fully saturated rings. The number of rotatable bonds is 7. The molecule has 0 aliphatic heterocycles. The molecule has 0 saturated heterocycles. The first kappa shape index (κ1) is 16.2. The second-order valence-corrected chi connectivity index (χ2v) is 5.48. The molecule has 0 rings (SSSR count). The summed E-state index contributed by atoms with van der Waals surface area (Å²) in [5.41, 5.74) is 0. The maximum absolute atomic E-state index is 10.6. The van der Waals surface area contributed by atoms with Crippen molar-refractivity contribution >= 4 is 15.6 Å². The second kappa shape index (κ2) is 6.23. The lowest BCUT2D eigenvalue weighted by Gasteiger charge is -2.35. The molecule has 0 bridgehead atoms. The first-order chi connectivity index (χ1) is 7.05. The van der Waals surface area contributed by atoms with Gasteiger partial charge in [0.1, 0.15) is 0 Å². The normalized spacial score (nSPS) is 17.1. The van der Waals surface area contributed by atoms with Gasteiger partial charge in [-0.3, -0.25) is 4.52 Å². The Bertz CT molecular complexity index is 293. The Hall–Kier alpha value is 0.220. The SMILES string of the molecule is CCCC(OP(=O)(O)O)C(C)OP(=O)([O-])[O-]. The molecule has 10 heteroatoms. The lowest BCUT2D eigenvalue weighted by Crippen LogP contribution is -2.31. The van der Waals surface area contributed by atoms with E-state index in [9.17, 15) is 18.9 Å². The van der Waals surface area contributed by atoms with Crippen molar-refractivity contribution in [2.24, 2.45) is 0 Å². The highest BCUT2D eigenvalue weighted by Crippen LogP contribution is 2.41. The minimum absolute atomic E-state index is 0.159. The van der Waals surface area contributed by atoms with E-state index in [0.717, 1.165) is 0 Å². The summed E-state index contributed by atoms with van der Waals surface area (Å²) < 4.78 is 29.3. The molecule has 0 amide bonds. The number of hydrogen-bond donors (Lipinski definition) is 2. The Morgan fingerprint density at radius 2 is 1.75 bits per heavy atom. The highest BCUT2D eigenvalue weighted by Gasteiger charge is 2.27. The van der Waals surface area contributed by atoms with Crippen molar-refractivity contribution in [1.82, 2.24) is 0 Å². The Morgan fingerprint density at radius 3 is 2.06 bits per heavy atom. The smallest absolute Gasteiger partial charge is 0.469 e. The van der Waals surface area contributed by atoms with Gasteiger partial charge in [-0.1, -0.05) is 13.3 Å². The molecule has 0 aliphatic rings. The zero-order valence-electron chi connectivity index (χ0n) is 8.81. The van der Waals surface area contributed by atoms with Crippen LogP contribution in [0.4, 0.5) is 0 Å². The van der Waals surface area contributed by atoms with Crippen molar-refractivity contribution in [2.75, 3.05) is 0 Å². The van der Waals surface area contributed by atoms with Crippen LogP contribution in [0.3, 0.4) is 0 Å². The first-order valence-corrected chi connectivity index (χ1v) is 7.48. The summed E-state index contributed by atoms with van der Waals surface area (Å²) in [5.74, 6) is 0. The third-order valence-electron chi connectivity index (χ3n) is 1.66. The summed E-state index contributed by atoms with van der Waals surface area (Å²) in [6.07, 6.45) is -1.75. The van der Waals surface area contributed by atoms with E-state index in [2.05, 4.69) is 9.05 Å². The van der Waals surface area contributed by atoms with Crippen LogP contribution in [0.25, 0.3) is 0 Å². The van der Waals surface area contributed by atoms with Crippen molar-refractivity contribution in [1.29, 1.82) is 0 Å². The van der Waals surface area contributed by atoms with Crippen LogP contribution in [0, 0.1) is 0 Å². The standard InChI is InChI=1S/C6H16O8P2/c1-3-4-6(14-16(10,11)12)5(2)13-15(7,8)9/h5-6H,3-4H2,1-2H3,(H2,7,8,9)(H2,10,11,12)/p-2. The average molecular weight is 276 g/mol. The van der Waals surface area contributed by atoms with E-state index in [4.69, 9.17) is 9.79 Å². The van der Waals surface area contributed by atoms with Gasteiger partial charge in [0.2, 0.25) is 0 Å². The minimum Gasteiger partial charge on any atom is -0.790 e. The van der Waals surface area contributed by atoms with Gasteiger partial charge in [-0.15, -0.1) is 0 Å². The van der Waals surface area contributed by atoms with E-state index in [-0.39, 0.29) is 6.42 Å². The lowest BCUT2D eigenvalue weighted by molar-refractivity contribution is -0.346. The maximum Gasteiger partial charge on any atom is 0.469 e. The summed E-state index contributed by atoms with van der Waals surface area (Å²) >= 11 is 0. The van der Waals surface area contributed by atoms with E-state index >= 15 is 0 Å². The molecule has 0 aromatic rings. The highest BCUT2D eigenvalue weighted by atomic mass is 31.2. The van der Waals surface area contributed by atoms with Crippen LogP contribution in [0.1, 0.15) is 26.7 Å². The molecule has 8 nitrogen and oxygen atoms in total. The van der Waals surface area contributed by atoms with Gasteiger partial charge in [0, 0.05) is 0 Å². The second-order valence-electron chi connectivity index (χ2n) is 3.18. The van der Waals surface area contributed by atoms with Crippen LogP contribution in [-0.4, -0.2) is 22.0 Å². The third kappa shape index (κ3) is 8.38. The number of phosphoric acid groups is 2. The van der Waals surface area contributed by atoms with Gasteiger partial charge in [0.05, 0.1) is 20.0 Å². The topological polar surface area (TPSA) is 139 Å². The van der Waals surface area contributed by atoms with Gasteiger partial charge in [-0.05, 0) is 13.3 Å².